The molecule has 1 heterocycles. The molecule has 0 radical (unpaired) electrons. The number of nitrogens with zero attached hydrogens (tertiary/aromatic N) is 1. The van der Waals surface area contributed by atoms with E-state index in [1.165, 1.54) is 0 Å². The van der Waals surface area contributed by atoms with Gasteiger partial charge < -0.3 is 20.1 Å². The van der Waals surface area contributed by atoms with E-state index in [4.69, 9.17) is 9.84 Å². The van der Waals surface area contributed by atoms with E-state index in [-0.39, 0.29) is 11.9 Å². The number of carboxylic acid groups (broad SMARTS) is 1. The van der Waals surface area contributed by atoms with E-state index in [1.807, 2.05) is 48.5 Å². The van der Waals surface area contributed by atoms with E-state index in [1.54, 1.807) is 23.8 Å². The monoisotopic (exact) mass is 386 g/mol. The number of nitrogens with one attached hydrogen (secondary N) is 1. The molecule has 3 rings (SSSR count). The number of hydrogen-bond acceptors (Lipinski definition) is 4. The highest BCUT2D eigenvalue weighted by atomic mass is 32.2. The third kappa shape index (κ3) is 5.17. The first-order valence-corrected chi connectivity index (χ1v) is 9.57. The topological polar surface area (TPSA) is 78.9 Å². The van der Waals surface area contributed by atoms with E-state index in [0.29, 0.717) is 25.9 Å². The minimum Gasteiger partial charge on any atom is -0.497 e. The second-order valence-corrected chi connectivity index (χ2v) is 7.48. The Morgan fingerprint density at radius 2 is 1.59 bits per heavy atom. The molecule has 2 aromatic rings. The standard InChI is InChI=1S/C20H22N2O4S/c1-26-16-4-8-18(9-5-16)27-17-6-2-15(3-7-17)21-20(25)22-12-10-14(11-13-22)19(23)24/h2-9,14H,10-13H2,1H3,(H,21,25)(H,23,24). The van der Waals surface area contributed by atoms with Crippen molar-refractivity contribution in [2.45, 2.75) is 22.6 Å². The average Bonchev–Trinajstić information content (AvgIpc) is 2.70. The van der Waals surface area contributed by atoms with Crippen LogP contribution in [0.25, 0.3) is 0 Å². The maximum Gasteiger partial charge on any atom is 0.321 e. The number of piperidine rings is 1. The molecule has 0 atom stereocenters. The molecule has 0 aromatic heterocycles. The zero-order valence-corrected chi connectivity index (χ0v) is 15.9. The van der Waals surface area contributed by atoms with E-state index >= 15 is 0 Å². The predicted octanol–water partition coefficient (Wildman–Crippen LogP) is 4.17. The van der Waals surface area contributed by atoms with Crippen molar-refractivity contribution in [1.29, 1.82) is 0 Å². The van der Waals surface area contributed by atoms with Gasteiger partial charge in [-0.25, -0.2) is 4.79 Å². The van der Waals surface area contributed by atoms with Gasteiger partial charge in [0.25, 0.3) is 0 Å². The van der Waals surface area contributed by atoms with Crippen LogP contribution in [0.15, 0.2) is 58.3 Å². The Kier molecular flexibility index (Phi) is 6.24. The predicted molar refractivity (Wildman–Crippen MR) is 105 cm³/mol. The van der Waals surface area contributed by atoms with Crippen LogP contribution in [0.3, 0.4) is 0 Å². The second-order valence-electron chi connectivity index (χ2n) is 6.33. The smallest absolute Gasteiger partial charge is 0.321 e. The Hall–Kier alpha value is -2.67. The Morgan fingerprint density at radius 1 is 1.04 bits per heavy atom. The van der Waals surface area contributed by atoms with Crippen LogP contribution < -0.4 is 10.1 Å². The summed E-state index contributed by atoms with van der Waals surface area (Å²) in [7, 11) is 1.64. The number of methoxy groups -OCH3 is 1. The number of likely N-dealkylation sites (tertiary alicyclic amines) is 1. The van der Waals surface area contributed by atoms with Crippen LogP contribution in [0, 0.1) is 5.92 Å². The van der Waals surface area contributed by atoms with Crippen molar-refractivity contribution < 1.29 is 19.4 Å². The summed E-state index contributed by atoms with van der Waals surface area (Å²) in [6.07, 6.45) is 1.00. The highest BCUT2D eigenvalue weighted by Gasteiger charge is 2.26. The number of amides is 2. The highest BCUT2D eigenvalue weighted by molar-refractivity contribution is 7.99. The average molecular weight is 386 g/mol. The molecule has 2 amide bonds. The zero-order chi connectivity index (χ0) is 19.2. The third-order valence-electron chi connectivity index (χ3n) is 4.53. The molecule has 2 aromatic carbocycles. The number of urea groups is 1. The van der Waals surface area contributed by atoms with Gasteiger partial charge in [0, 0.05) is 28.6 Å². The van der Waals surface area contributed by atoms with E-state index in [9.17, 15) is 9.59 Å². The van der Waals surface area contributed by atoms with Crippen LogP contribution in [0.4, 0.5) is 10.5 Å². The molecule has 0 saturated carbocycles. The van der Waals surface area contributed by atoms with Gasteiger partial charge in [0.05, 0.1) is 13.0 Å². The molecule has 0 spiro atoms. The number of anilines is 1. The summed E-state index contributed by atoms with van der Waals surface area (Å²) in [5.41, 5.74) is 0.722. The fourth-order valence-electron chi connectivity index (χ4n) is 2.92. The van der Waals surface area contributed by atoms with Crippen molar-refractivity contribution in [3.63, 3.8) is 0 Å². The number of carbonyl (C=O) groups is 2. The van der Waals surface area contributed by atoms with Gasteiger partial charge in [0.2, 0.25) is 0 Å². The fourth-order valence-corrected chi connectivity index (χ4v) is 3.73. The van der Waals surface area contributed by atoms with Crippen LogP contribution in [-0.4, -0.2) is 42.2 Å². The van der Waals surface area contributed by atoms with Crippen molar-refractivity contribution >= 4 is 29.4 Å². The maximum absolute atomic E-state index is 12.3. The minimum absolute atomic E-state index is 0.186. The SMILES string of the molecule is COc1ccc(Sc2ccc(NC(=O)N3CCC(C(=O)O)CC3)cc2)cc1. The first-order chi connectivity index (χ1) is 13.0. The molecule has 7 heteroatoms. The first-order valence-electron chi connectivity index (χ1n) is 8.76. The molecule has 6 nitrogen and oxygen atoms in total. The maximum atomic E-state index is 12.3. The van der Waals surface area contributed by atoms with Gasteiger partial charge in [-0.05, 0) is 61.4 Å². The van der Waals surface area contributed by atoms with Crippen LogP contribution >= 0.6 is 11.8 Å². The molecule has 0 bridgehead atoms. The first kappa shape index (κ1) is 19.1. The summed E-state index contributed by atoms with van der Waals surface area (Å²) < 4.78 is 5.16. The van der Waals surface area contributed by atoms with Gasteiger partial charge in [-0.1, -0.05) is 11.8 Å². The molecular weight excluding hydrogens is 364 g/mol. The summed E-state index contributed by atoms with van der Waals surface area (Å²) in [6, 6.07) is 15.3. The van der Waals surface area contributed by atoms with Crippen LogP contribution in [0.1, 0.15) is 12.8 Å². The van der Waals surface area contributed by atoms with E-state index < -0.39 is 5.97 Å². The van der Waals surface area contributed by atoms with Crippen LogP contribution in [0.2, 0.25) is 0 Å². The Morgan fingerprint density at radius 3 is 2.11 bits per heavy atom. The lowest BCUT2D eigenvalue weighted by molar-refractivity contribution is -0.143. The minimum atomic E-state index is -0.778. The number of ether oxygens (including phenoxy) is 1. The molecule has 2 N–H and O–H groups in total. The Bertz CT molecular complexity index is 785. The van der Waals surface area contributed by atoms with Crippen molar-refractivity contribution in [3.8, 4) is 5.75 Å². The largest absolute Gasteiger partial charge is 0.497 e. The number of carbonyl (C=O) groups excluding carboxylic acids is 1. The van der Waals surface area contributed by atoms with Gasteiger partial charge >= 0.3 is 12.0 Å². The lowest BCUT2D eigenvalue weighted by Crippen LogP contribution is -2.42. The summed E-state index contributed by atoms with van der Waals surface area (Å²) in [6.45, 7) is 0.933. The number of rotatable bonds is 5. The highest BCUT2D eigenvalue weighted by Crippen LogP contribution is 2.30. The van der Waals surface area contributed by atoms with Crippen molar-refractivity contribution in [1.82, 2.24) is 4.90 Å². The quantitative estimate of drug-likeness (QED) is 0.806. The van der Waals surface area contributed by atoms with Crippen LogP contribution in [0.5, 0.6) is 5.75 Å². The van der Waals surface area contributed by atoms with Gasteiger partial charge in [-0.2, -0.15) is 0 Å². The summed E-state index contributed by atoms with van der Waals surface area (Å²) in [5.74, 6) is -0.298. The Balaban J connectivity index is 1.52. The van der Waals surface area contributed by atoms with E-state index in [0.717, 1.165) is 21.2 Å². The summed E-state index contributed by atoms with van der Waals surface area (Å²) >= 11 is 1.63. The van der Waals surface area contributed by atoms with Crippen molar-refractivity contribution in [2.24, 2.45) is 5.92 Å². The summed E-state index contributed by atoms with van der Waals surface area (Å²) in [5, 5.41) is 11.9. The number of hydrogen-bond donors (Lipinski definition) is 2. The molecule has 27 heavy (non-hydrogen) atoms. The fraction of sp³-hybridized carbons (Fsp3) is 0.300. The molecule has 142 valence electrons. The van der Waals surface area contributed by atoms with Gasteiger partial charge in [-0.3, -0.25) is 4.79 Å². The molecule has 0 unspecified atom stereocenters. The second kappa shape index (κ2) is 8.81. The van der Waals surface area contributed by atoms with Gasteiger partial charge in [-0.15, -0.1) is 0 Å². The number of benzene rings is 2. The molecule has 1 saturated heterocycles. The van der Waals surface area contributed by atoms with E-state index in [2.05, 4.69) is 5.32 Å². The molecule has 1 fully saturated rings. The normalized spacial score (nSPS) is 14.6. The van der Waals surface area contributed by atoms with Crippen molar-refractivity contribution in [3.05, 3.63) is 48.5 Å². The molecule has 1 aliphatic rings. The molecular formula is C20H22N2O4S. The van der Waals surface area contributed by atoms with Gasteiger partial charge in [0.15, 0.2) is 0 Å². The summed E-state index contributed by atoms with van der Waals surface area (Å²) in [4.78, 5) is 27.2. The Labute approximate surface area is 162 Å². The van der Waals surface area contributed by atoms with Gasteiger partial charge in [0.1, 0.15) is 5.75 Å². The molecule has 1 aliphatic heterocycles. The van der Waals surface area contributed by atoms with Crippen LogP contribution in [-0.2, 0) is 4.79 Å². The lowest BCUT2D eigenvalue weighted by Gasteiger charge is -2.30. The number of aliphatic carboxylic acids is 1. The van der Waals surface area contributed by atoms with Crippen molar-refractivity contribution in [2.75, 3.05) is 25.5 Å². The number of carboxylic acids is 1. The molecule has 0 aliphatic carbocycles. The lowest BCUT2D eigenvalue weighted by atomic mass is 9.97. The zero-order valence-electron chi connectivity index (χ0n) is 15.1. The third-order valence-corrected chi connectivity index (χ3v) is 5.55.